The number of amides is 6. The summed E-state index contributed by atoms with van der Waals surface area (Å²) >= 11 is 0. The van der Waals surface area contributed by atoms with Crippen molar-refractivity contribution in [1.82, 2.24) is 45.6 Å². The van der Waals surface area contributed by atoms with Crippen LogP contribution in [0.3, 0.4) is 0 Å². The van der Waals surface area contributed by atoms with Crippen LogP contribution >= 0.6 is 0 Å². The predicted octanol–water partition coefficient (Wildman–Crippen LogP) is 15.3. The number of halogens is 9. The van der Waals surface area contributed by atoms with Gasteiger partial charge in [0.1, 0.15) is 0 Å². The molecule has 0 atom stereocenters. The lowest BCUT2D eigenvalue weighted by molar-refractivity contribution is -0.312. The highest BCUT2D eigenvalue weighted by atomic mass is 19.4. The number of ether oxygens (including phenoxy) is 3. The number of carbonyl (C=O) groups excluding carboxylic acids is 3. The van der Waals surface area contributed by atoms with Crippen molar-refractivity contribution in [2.24, 2.45) is 0 Å². The van der Waals surface area contributed by atoms with E-state index in [0.717, 1.165) is 139 Å². The van der Waals surface area contributed by atoms with Gasteiger partial charge in [-0.2, -0.15) is 0 Å². The van der Waals surface area contributed by atoms with Gasteiger partial charge in [-0.05, 0) is 129 Å². The van der Waals surface area contributed by atoms with Gasteiger partial charge in [0, 0.05) is 159 Å². The Labute approximate surface area is 560 Å². The van der Waals surface area contributed by atoms with E-state index in [-0.39, 0.29) is 36.2 Å². The van der Waals surface area contributed by atoms with Crippen molar-refractivity contribution in [2.75, 3.05) is 96.2 Å². The molecule has 0 aliphatic carbocycles. The summed E-state index contributed by atoms with van der Waals surface area (Å²) in [5.74, 6) is 0. The highest BCUT2D eigenvalue weighted by Gasteiger charge is 2.28. The predicted molar refractivity (Wildman–Crippen MR) is 361 cm³/mol. The van der Waals surface area contributed by atoms with E-state index in [2.05, 4.69) is 100 Å². The van der Waals surface area contributed by atoms with Crippen LogP contribution in [-0.2, 0) is 33.5 Å². The molecule has 0 radical (unpaired) electrons. The normalized spacial score (nSPS) is 14.3. The van der Waals surface area contributed by atoms with E-state index in [1.807, 2.05) is 176 Å². The van der Waals surface area contributed by atoms with Crippen molar-refractivity contribution in [3.8, 4) is 0 Å². The van der Waals surface area contributed by atoms with Crippen LogP contribution in [0.4, 0.5) is 71.0 Å². The van der Waals surface area contributed by atoms with Crippen molar-refractivity contribution in [3.63, 3.8) is 0 Å². The fourth-order valence-corrected chi connectivity index (χ4v) is 9.01. The van der Waals surface area contributed by atoms with Gasteiger partial charge < -0.3 is 46.6 Å². The van der Waals surface area contributed by atoms with Crippen LogP contribution in [0.5, 0.6) is 0 Å². The minimum Gasteiger partial charge on any atom is -0.335 e. The quantitative estimate of drug-likeness (QED) is 0.0533. The first-order valence-electron chi connectivity index (χ1n) is 32.1. The monoisotopic (exact) mass is 1360 g/mol. The van der Waals surface area contributed by atoms with Gasteiger partial charge in [0.25, 0.3) is 0 Å². The van der Waals surface area contributed by atoms with E-state index >= 15 is 0 Å². The Morgan fingerprint density at radius 1 is 0.396 bits per heavy atom. The number of urea groups is 3. The molecule has 0 bridgehead atoms. The first-order valence-corrected chi connectivity index (χ1v) is 32.1. The molecular weight excluding hydrogens is 1260 g/mol. The van der Waals surface area contributed by atoms with Gasteiger partial charge in [0.05, 0.1) is 0 Å². The smallest absolute Gasteiger partial charge is 0.335 e. The number of methoxy groups -OCH3 is 3. The average Bonchev–Trinajstić information content (AvgIpc) is 1.24. The Morgan fingerprint density at radius 2 is 0.708 bits per heavy atom. The number of rotatable bonds is 15. The lowest BCUT2D eigenvalue weighted by atomic mass is 10.0. The number of aromatic nitrogens is 3. The molecule has 3 aromatic carbocycles. The van der Waals surface area contributed by atoms with Gasteiger partial charge in [-0.25, -0.2) is 14.4 Å². The summed E-state index contributed by atoms with van der Waals surface area (Å²) in [6.45, 7) is 21.3. The van der Waals surface area contributed by atoms with Gasteiger partial charge in [-0.3, -0.25) is 29.2 Å². The molecule has 3 aromatic heterocycles. The Morgan fingerprint density at radius 3 is 1.00 bits per heavy atom. The van der Waals surface area contributed by atoms with Crippen molar-refractivity contribution in [3.05, 3.63) is 181 Å². The number of hydrogen-bond donors (Lipinski definition) is 6. The fourth-order valence-electron chi connectivity index (χ4n) is 9.01. The zero-order chi connectivity index (χ0) is 71.5. The molecule has 3 aliphatic heterocycles. The number of benzene rings is 3. The molecule has 0 saturated carbocycles. The van der Waals surface area contributed by atoms with Crippen LogP contribution in [-0.4, -0.2) is 165 Å². The number of hydrogen-bond acceptors (Lipinski definition) is 12. The summed E-state index contributed by atoms with van der Waals surface area (Å²) in [4.78, 5) is 56.0. The Balaban J connectivity index is 0.000000615. The van der Waals surface area contributed by atoms with Crippen molar-refractivity contribution in [1.29, 1.82) is 0 Å². The molecule has 6 aromatic rings. The summed E-state index contributed by atoms with van der Waals surface area (Å²) in [6.07, 6.45) is 4.92. The Bertz CT molecular complexity index is 2520. The third-order valence-electron chi connectivity index (χ3n) is 13.9. The Kier molecular flexibility index (Phi) is 46.0. The van der Waals surface area contributed by atoms with Gasteiger partial charge in [0.15, 0.2) is 0 Å². The maximum Gasteiger partial charge on any atom is 0.522 e. The first-order chi connectivity index (χ1) is 46.1. The molecular formula is C69H99F9N12O6. The topological polar surface area (TPSA) is 199 Å². The fraction of sp³-hybridized carbons (Fsp3) is 0.478. The molecule has 0 unspecified atom stereocenters. The molecule has 96 heavy (non-hydrogen) atoms. The second kappa shape index (κ2) is 51.3. The lowest BCUT2D eigenvalue weighted by Gasteiger charge is -2.32. The van der Waals surface area contributed by atoms with Crippen LogP contribution in [0.15, 0.2) is 164 Å². The molecule has 18 nitrogen and oxygen atoms in total. The summed E-state index contributed by atoms with van der Waals surface area (Å²) < 4.78 is 104. The van der Waals surface area contributed by atoms with E-state index in [1.165, 1.54) is 11.1 Å². The molecule has 6 N–H and O–H groups in total. The highest BCUT2D eigenvalue weighted by molar-refractivity contribution is 5.90. The molecule has 9 rings (SSSR count). The van der Waals surface area contributed by atoms with E-state index in [9.17, 15) is 53.9 Å². The number of nitrogens with zero attached hydrogens (tertiary/aromatic N) is 6. The standard InChI is InChI=1S/3C19H24N4O.3C2H3F3O.3C2H6/c24-19(21-17-7-2-1-3-8-17)22-18-10-14-23(15-11-18)13-9-16-6-4-5-12-20-16;24-19(21-17-6-2-1-3-7-17)22-18-9-13-23(14-10-18)12-8-16-5-4-11-20-15-16;24-19(21-17-4-2-1-3-5-17)22-18-9-14-23(15-10-18)13-8-16-6-11-20-12-7-16;3*1-6-2(3,4)5;3*1-2/h1-8,12,18H,9-11,13-15H2,(H2,21,22,24);1-7,11,15,18H,8-10,12-14H2,(H2,21,22,24);1-7,11-12,18H,8-10,13-15H2,(H2,21,22,24);3*1H3;3*1-2H3. The minimum absolute atomic E-state index is 0.114. The summed E-state index contributed by atoms with van der Waals surface area (Å²) in [6, 6.07) is 43.3. The van der Waals surface area contributed by atoms with Crippen LogP contribution in [0.1, 0.15) is 96.9 Å². The second-order valence-corrected chi connectivity index (χ2v) is 20.5. The number of alkyl halides is 9. The molecule has 27 heteroatoms. The zero-order valence-electron chi connectivity index (χ0n) is 56.6. The van der Waals surface area contributed by atoms with Crippen LogP contribution in [0, 0.1) is 0 Å². The molecule has 0 spiro atoms. The van der Waals surface area contributed by atoms with Crippen molar-refractivity contribution < 1.29 is 68.1 Å². The van der Waals surface area contributed by atoms with E-state index in [0.29, 0.717) is 21.3 Å². The zero-order valence-corrected chi connectivity index (χ0v) is 56.6. The number of nitrogens with one attached hydrogen (secondary N) is 6. The van der Waals surface area contributed by atoms with E-state index in [1.54, 1.807) is 6.20 Å². The SMILES string of the molecule is CC.CC.CC.COC(F)(F)F.COC(F)(F)F.COC(F)(F)F.O=C(Nc1ccccc1)NC1CCN(CCc2ccccn2)CC1.O=C(Nc1ccccc1)NC1CCN(CCc2cccnc2)CC1.O=C(Nc1ccccc1)NC1CCN(CCc2ccncc2)CC1. The lowest BCUT2D eigenvalue weighted by Crippen LogP contribution is -2.46. The third-order valence-corrected chi connectivity index (χ3v) is 13.9. The molecule has 3 aliphatic rings. The maximum absolute atomic E-state index is 12.0. The largest absolute Gasteiger partial charge is 0.522 e. The Hall–Kier alpha value is -7.95. The molecule has 3 saturated heterocycles. The van der Waals surface area contributed by atoms with Crippen LogP contribution < -0.4 is 31.9 Å². The van der Waals surface area contributed by atoms with Gasteiger partial charge >= 0.3 is 37.2 Å². The number of carbonyl (C=O) groups is 3. The van der Waals surface area contributed by atoms with Gasteiger partial charge in [-0.15, -0.1) is 39.5 Å². The molecule has 6 amide bonds. The molecule has 3 fully saturated rings. The molecule has 6 heterocycles. The van der Waals surface area contributed by atoms with Crippen LogP contribution in [0.25, 0.3) is 0 Å². The first kappa shape index (κ1) is 86.1. The second-order valence-electron chi connectivity index (χ2n) is 20.5. The summed E-state index contributed by atoms with van der Waals surface area (Å²) in [5, 5.41) is 17.9. The minimum atomic E-state index is -4.46. The van der Waals surface area contributed by atoms with Crippen molar-refractivity contribution in [2.45, 2.75) is 137 Å². The molecule has 534 valence electrons. The van der Waals surface area contributed by atoms with E-state index < -0.39 is 19.1 Å². The number of pyridine rings is 3. The van der Waals surface area contributed by atoms with E-state index in [4.69, 9.17) is 0 Å². The van der Waals surface area contributed by atoms with Gasteiger partial charge in [-0.1, -0.05) is 108 Å². The maximum atomic E-state index is 12.0. The third kappa shape index (κ3) is 44.7. The highest BCUT2D eigenvalue weighted by Crippen LogP contribution is 2.18. The van der Waals surface area contributed by atoms with Crippen LogP contribution in [0.2, 0.25) is 0 Å². The summed E-state index contributed by atoms with van der Waals surface area (Å²) in [5.41, 5.74) is 6.21. The van der Waals surface area contributed by atoms with Crippen molar-refractivity contribution >= 4 is 35.2 Å². The average molecular weight is 1360 g/mol. The number of para-hydroxylation sites is 3. The summed E-state index contributed by atoms with van der Waals surface area (Å²) in [7, 11) is 1.75. The number of likely N-dealkylation sites (tertiary alicyclic amines) is 3. The number of piperidine rings is 3. The number of anilines is 3. The van der Waals surface area contributed by atoms with Gasteiger partial charge in [0.2, 0.25) is 0 Å².